The molecule has 1 N–H and O–H groups in total. The lowest BCUT2D eigenvalue weighted by Gasteiger charge is -2.28. The lowest BCUT2D eigenvalue weighted by molar-refractivity contribution is -0.148. The number of hydrogen-bond donors (Lipinski definition) is 1. The van der Waals surface area contributed by atoms with Gasteiger partial charge in [0.25, 0.3) is 5.91 Å². The van der Waals surface area contributed by atoms with Crippen molar-refractivity contribution in [3.63, 3.8) is 0 Å². The number of anilines is 2. The lowest BCUT2D eigenvalue weighted by atomic mass is 10.2. The number of ether oxygens (including phenoxy) is 4. The Bertz CT molecular complexity index is 967. The highest BCUT2D eigenvalue weighted by Gasteiger charge is 2.18. The average Bonchev–Trinajstić information content (AvgIpc) is 3.27. The van der Waals surface area contributed by atoms with Gasteiger partial charge in [-0.25, -0.2) is 4.79 Å². The lowest BCUT2D eigenvalue weighted by Crippen LogP contribution is -2.36. The van der Waals surface area contributed by atoms with Crippen LogP contribution >= 0.6 is 0 Å². The Morgan fingerprint density at radius 3 is 2.58 bits per heavy atom. The fraction of sp³-hybridized carbons (Fsp3) is 0.304. The van der Waals surface area contributed by atoms with Gasteiger partial charge in [-0.15, -0.1) is 0 Å². The van der Waals surface area contributed by atoms with Crippen molar-refractivity contribution in [2.24, 2.45) is 0 Å². The van der Waals surface area contributed by atoms with Gasteiger partial charge in [0, 0.05) is 30.5 Å². The zero-order chi connectivity index (χ0) is 21.6. The molecule has 0 radical (unpaired) electrons. The van der Waals surface area contributed by atoms with E-state index >= 15 is 0 Å². The van der Waals surface area contributed by atoms with E-state index in [2.05, 4.69) is 10.2 Å². The van der Waals surface area contributed by atoms with Crippen LogP contribution in [-0.4, -0.2) is 51.1 Å². The summed E-state index contributed by atoms with van der Waals surface area (Å²) in [4.78, 5) is 26.7. The first-order valence-electron chi connectivity index (χ1n) is 10.1. The molecular formula is C23H24N2O6. The molecule has 8 nitrogen and oxygen atoms in total. The number of amides is 1. The predicted molar refractivity (Wildman–Crippen MR) is 115 cm³/mol. The standard InChI is InChI=1S/C23H24N2O6/c1-16(31-22(26)9-3-17-2-8-20-21(14-17)30-15-29-20)23(27)24-18-4-6-19(7-5-18)25-10-12-28-13-11-25/h2-9,14,16H,10-13,15H2,1H3,(H,24,27)/b9-3+. The molecule has 2 aromatic carbocycles. The van der Waals surface area contributed by atoms with Crippen molar-refractivity contribution in [3.05, 3.63) is 54.1 Å². The first-order chi connectivity index (χ1) is 15.1. The molecule has 2 aromatic rings. The van der Waals surface area contributed by atoms with E-state index in [0.29, 0.717) is 30.4 Å². The molecular weight excluding hydrogens is 400 g/mol. The Balaban J connectivity index is 1.27. The third-order valence-electron chi connectivity index (χ3n) is 4.98. The summed E-state index contributed by atoms with van der Waals surface area (Å²) in [5.41, 5.74) is 2.48. The number of nitrogens with zero attached hydrogens (tertiary/aromatic N) is 1. The number of esters is 1. The maximum Gasteiger partial charge on any atom is 0.331 e. The Labute approximate surface area is 180 Å². The monoisotopic (exact) mass is 424 g/mol. The minimum absolute atomic E-state index is 0.188. The van der Waals surface area contributed by atoms with E-state index in [9.17, 15) is 9.59 Å². The largest absolute Gasteiger partial charge is 0.454 e. The van der Waals surface area contributed by atoms with Gasteiger partial charge in [-0.1, -0.05) is 6.07 Å². The molecule has 1 atom stereocenters. The van der Waals surface area contributed by atoms with Gasteiger partial charge in [-0.3, -0.25) is 4.79 Å². The summed E-state index contributed by atoms with van der Waals surface area (Å²) >= 11 is 0. The highest BCUT2D eigenvalue weighted by molar-refractivity contribution is 5.96. The molecule has 1 fully saturated rings. The fourth-order valence-electron chi connectivity index (χ4n) is 3.27. The van der Waals surface area contributed by atoms with Crippen LogP contribution in [0.25, 0.3) is 6.08 Å². The topological polar surface area (TPSA) is 86.3 Å². The summed E-state index contributed by atoms with van der Waals surface area (Å²) in [6.45, 7) is 4.84. The van der Waals surface area contributed by atoms with Gasteiger partial charge in [-0.05, 0) is 55.0 Å². The molecule has 4 rings (SSSR count). The molecule has 0 bridgehead atoms. The molecule has 2 heterocycles. The quantitative estimate of drug-likeness (QED) is 0.564. The number of rotatable bonds is 6. The Hall–Kier alpha value is -3.52. The maximum absolute atomic E-state index is 12.4. The minimum Gasteiger partial charge on any atom is -0.454 e. The Morgan fingerprint density at radius 2 is 1.81 bits per heavy atom. The molecule has 8 heteroatoms. The summed E-state index contributed by atoms with van der Waals surface area (Å²) in [7, 11) is 0. The summed E-state index contributed by atoms with van der Waals surface area (Å²) in [6, 6.07) is 12.9. The van der Waals surface area contributed by atoms with E-state index in [0.717, 1.165) is 24.3 Å². The van der Waals surface area contributed by atoms with Gasteiger partial charge >= 0.3 is 5.97 Å². The second-order valence-electron chi connectivity index (χ2n) is 7.16. The summed E-state index contributed by atoms with van der Waals surface area (Å²) < 4.78 is 21.1. The van der Waals surface area contributed by atoms with Crippen LogP contribution in [0, 0.1) is 0 Å². The van der Waals surface area contributed by atoms with Gasteiger partial charge in [0.2, 0.25) is 6.79 Å². The normalized spacial score (nSPS) is 16.2. The van der Waals surface area contributed by atoms with Crippen LogP contribution in [0.3, 0.4) is 0 Å². The second-order valence-corrected chi connectivity index (χ2v) is 7.16. The summed E-state index contributed by atoms with van der Waals surface area (Å²) in [5.74, 6) is 0.290. The van der Waals surface area contributed by atoms with E-state index < -0.39 is 18.0 Å². The molecule has 0 saturated carbocycles. The predicted octanol–water partition coefficient (Wildman–Crippen LogP) is 2.84. The zero-order valence-corrected chi connectivity index (χ0v) is 17.2. The highest BCUT2D eigenvalue weighted by Crippen LogP contribution is 2.32. The smallest absolute Gasteiger partial charge is 0.331 e. The van der Waals surface area contributed by atoms with E-state index in [1.54, 1.807) is 24.3 Å². The van der Waals surface area contributed by atoms with Crippen molar-refractivity contribution < 1.29 is 28.5 Å². The van der Waals surface area contributed by atoms with Crippen molar-refractivity contribution in [1.82, 2.24) is 0 Å². The van der Waals surface area contributed by atoms with Gasteiger partial charge in [0.05, 0.1) is 13.2 Å². The Morgan fingerprint density at radius 1 is 1.06 bits per heavy atom. The molecule has 2 aliphatic rings. The number of carbonyl (C=O) groups excluding carboxylic acids is 2. The van der Waals surface area contributed by atoms with Crippen molar-refractivity contribution in [1.29, 1.82) is 0 Å². The Kier molecular flexibility index (Phi) is 6.37. The van der Waals surface area contributed by atoms with Crippen LogP contribution < -0.4 is 19.7 Å². The van der Waals surface area contributed by atoms with E-state index in [4.69, 9.17) is 18.9 Å². The highest BCUT2D eigenvalue weighted by atomic mass is 16.7. The summed E-state index contributed by atoms with van der Waals surface area (Å²) in [5, 5.41) is 2.77. The van der Waals surface area contributed by atoms with Crippen LogP contribution in [0.5, 0.6) is 11.5 Å². The van der Waals surface area contributed by atoms with Gasteiger partial charge in [-0.2, -0.15) is 0 Å². The number of fused-ring (bicyclic) bond motifs is 1. The van der Waals surface area contributed by atoms with Crippen LogP contribution in [0.1, 0.15) is 12.5 Å². The van der Waals surface area contributed by atoms with E-state index in [1.807, 2.05) is 24.3 Å². The molecule has 1 amide bonds. The van der Waals surface area contributed by atoms with Crippen molar-refractivity contribution in [2.75, 3.05) is 43.3 Å². The third kappa shape index (κ3) is 5.35. The van der Waals surface area contributed by atoms with Crippen molar-refractivity contribution in [3.8, 4) is 11.5 Å². The van der Waals surface area contributed by atoms with Crippen molar-refractivity contribution in [2.45, 2.75) is 13.0 Å². The number of benzene rings is 2. The van der Waals surface area contributed by atoms with E-state index in [-0.39, 0.29) is 6.79 Å². The number of nitrogens with one attached hydrogen (secondary N) is 1. The number of carbonyl (C=O) groups is 2. The average molecular weight is 424 g/mol. The molecule has 162 valence electrons. The van der Waals surface area contributed by atoms with Gasteiger partial charge in [0.15, 0.2) is 17.6 Å². The van der Waals surface area contributed by atoms with Crippen LogP contribution in [0.2, 0.25) is 0 Å². The summed E-state index contributed by atoms with van der Waals surface area (Å²) in [6.07, 6.45) is 1.94. The zero-order valence-electron chi connectivity index (χ0n) is 17.2. The van der Waals surface area contributed by atoms with Crippen molar-refractivity contribution >= 4 is 29.3 Å². The van der Waals surface area contributed by atoms with Crippen LogP contribution in [0.4, 0.5) is 11.4 Å². The molecule has 1 saturated heterocycles. The SMILES string of the molecule is CC(OC(=O)/C=C/c1ccc2c(c1)OCO2)C(=O)Nc1ccc(N2CCOCC2)cc1. The van der Waals surface area contributed by atoms with Gasteiger partial charge in [0.1, 0.15) is 0 Å². The number of morpholine rings is 1. The van der Waals surface area contributed by atoms with Crippen LogP contribution in [-0.2, 0) is 19.1 Å². The third-order valence-corrected chi connectivity index (χ3v) is 4.98. The second kappa shape index (κ2) is 9.53. The first-order valence-corrected chi connectivity index (χ1v) is 10.1. The minimum atomic E-state index is -0.937. The fourth-order valence-corrected chi connectivity index (χ4v) is 3.27. The number of hydrogen-bond acceptors (Lipinski definition) is 7. The van der Waals surface area contributed by atoms with E-state index in [1.165, 1.54) is 13.0 Å². The molecule has 0 spiro atoms. The maximum atomic E-state index is 12.4. The molecule has 0 aliphatic carbocycles. The molecule has 0 aromatic heterocycles. The first kappa shape index (κ1) is 20.7. The molecule has 1 unspecified atom stereocenters. The van der Waals surface area contributed by atoms with Gasteiger partial charge < -0.3 is 29.2 Å². The molecule has 31 heavy (non-hydrogen) atoms. The molecule has 2 aliphatic heterocycles. The van der Waals surface area contributed by atoms with Crippen LogP contribution in [0.15, 0.2) is 48.5 Å².